The molecule has 3 aromatic rings. The van der Waals surface area contributed by atoms with Gasteiger partial charge in [0.15, 0.2) is 0 Å². The highest BCUT2D eigenvalue weighted by molar-refractivity contribution is 7.94. The van der Waals surface area contributed by atoms with E-state index in [1.807, 2.05) is 0 Å². The molecule has 0 saturated carbocycles. The Hall–Kier alpha value is -3.10. The summed E-state index contributed by atoms with van der Waals surface area (Å²) in [4.78, 5) is 0. The number of nitrogens with zero attached hydrogens (tertiary/aromatic N) is 1. The highest BCUT2D eigenvalue weighted by Gasteiger charge is 2.16. The number of anilines is 1. The first-order valence-corrected chi connectivity index (χ1v) is 12.2. The zero-order chi connectivity index (χ0) is 22.0. The summed E-state index contributed by atoms with van der Waals surface area (Å²) in [5.74, 6) is -0.426. The highest BCUT2D eigenvalue weighted by Crippen LogP contribution is 2.28. The molecule has 1 aliphatic rings. The van der Waals surface area contributed by atoms with Crippen molar-refractivity contribution >= 4 is 38.6 Å². The van der Waals surface area contributed by atoms with Gasteiger partial charge in [-0.2, -0.15) is 5.10 Å². The van der Waals surface area contributed by atoms with Crippen LogP contribution in [0, 0.1) is 13.8 Å². The molecule has 4 rings (SSSR count). The van der Waals surface area contributed by atoms with E-state index in [4.69, 9.17) is 0 Å². The third-order valence-corrected chi connectivity index (χ3v) is 7.85. The van der Waals surface area contributed by atoms with Gasteiger partial charge in [-0.15, -0.1) is 11.3 Å². The first-order valence-electron chi connectivity index (χ1n) is 9.81. The first-order chi connectivity index (χ1) is 14.8. The van der Waals surface area contributed by atoms with Crippen molar-refractivity contribution in [2.75, 3.05) is 4.72 Å². The number of hydrogen-bond acceptors (Lipinski definition) is 6. The smallest absolute Gasteiger partial charge is 0.271 e. The molecular weight excluding hydrogens is 430 g/mol. The van der Waals surface area contributed by atoms with Crippen LogP contribution in [0.3, 0.4) is 0 Å². The van der Waals surface area contributed by atoms with E-state index in [1.54, 1.807) is 35.7 Å². The lowest BCUT2D eigenvalue weighted by Gasteiger charge is -2.21. The quantitative estimate of drug-likeness (QED) is 0.338. The zero-order valence-corrected chi connectivity index (χ0v) is 18.8. The summed E-state index contributed by atoms with van der Waals surface area (Å²) in [6, 6.07) is 13.7. The second-order valence-corrected chi connectivity index (χ2v) is 10.3. The summed E-state index contributed by atoms with van der Waals surface area (Å²) in [6.07, 6.45) is 3.92. The van der Waals surface area contributed by atoms with E-state index in [1.165, 1.54) is 17.2 Å². The maximum atomic E-state index is 12.5. The maximum absolute atomic E-state index is 12.5. The number of hydrazone groups is 1. The molecule has 2 N–H and O–H groups in total. The van der Waals surface area contributed by atoms with Gasteiger partial charge in [0, 0.05) is 17.1 Å². The fourth-order valence-electron chi connectivity index (χ4n) is 3.62. The first kappa shape index (κ1) is 21.1. The second-order valence-electron chi connectivity index (χ2n) is 7.41. The number of benzene rings is 2. The Morgan fingerprint density at radius 2 is 1.90 bits per heavy atom. The largest absolute Gasteiger partial charge is 0.857 e. The van der Waals surface area contributed by atoms with Crippen LogP contribution in [0.15, 0.2) is 69.3 Å². The van der Waals surface area contributed by atoms with E-state index in [-0.39, 0.29) is 4.21 Å². The van der Waals surface area contributed by atoms with E-state index in [0.717, 1.165) is 41.0 Å². The van der Waals surface area contributed by atoms with Gasteiger partial charge in [0.05, 0.1) is 5.70 Å². The van der Waals surface area contributed by atoms with Crippen molar-refractivity contribution in [3.63, 3.8) is 0 Å². The molecule has 2 aromatic carbocycles. The van der Waals surface area contributed by atoms with Crippen molar-refractivity contribution < 1.29 is 13.5 Å². The van der Waals surface area contributed by atoms with Crippen molar-refractivity contribution in [3.8, 4) is 0 Å². The molecule has 0 fully saturated rings. The molecule has 0 amide bonds. The van der Waals surface area contributed by atoms with E-state index < -0.39 is 15.9 Å². The Bertz CT molecular complexity index is 1260. The molecule has 8 heteroatoms. The summed E-state index contributed by atoms with van der Waals surface area (Å²) < 4.78 is 27.4. The lowest BCUT2D eigenvalue weighted by atomic mass is 9.90. The molecule has 0 radical (unpaired) electrons. The zero-order valence-electron chi connectivity index (χ0n) is 17.2. The van der Waals surface area contributed by atoms with Gasteiger partial charge in [-0.1, -0.05) is 35.9 Å². The molecule has 0 saturated heterocycles. The SMILES string of the molecule is Cc1cc(C)c2c(c1)C(NN=C([O-])c1ccc(NS(=O)(=O)c3cccs3)cc1)=CCC2. The third-order valence-electron chi connectivity index (χ3n) is 5.07. The minimum atomic E-state index is -3.62. The van der Waals surface area contributed by atoms with Crippen LogP contribution in [0.25, 0.3) is 5.70 Å². The van der Waals surface area contributed by atoms with E-state index in [0.29, 0.717) is 11.3 Å². The topological polar surface area (TPSA) is 93.6 Å². The molecule has 6 nitrogen and oxygen atoms in total. The fraction of sp³-hybridized carbons (Fsp3) is 0.174. The normalized spacial score (nSPS) is 14.0. The lowest BCUT2D eigenvalue weighted by Crippen LogP contribution is -2.23. The number of rotatable bonds is 6. The summed E-state index contributed by atoms with van der Waals surface area (Å²) in [5, 5.41) is 18.3. The summed E-state index contributed by atoms with van der Waals surface area (Å²) in [5.41, 5.74) is 9.28. The van der Waals surface area contributed by atoms with Crippen molar-refractivity contribution in [2.45, 2.75) is 30.9 Å². The number of thiophene rings is 1. The summed E-state index contributed by atoms with van der Waals surface area (Å²) in [7, 11) is -3.62. The van der Waals surface area contributed by atoms with Crippen LogP contribution >= 0.6 is 11.3 Å². The molecule has 31 heavy (non-hydrogen) atoms. The predicted octanol–water partition coefficient (Wildman–Crippen LogP) is 3.76. The average molecular weight is 453 g/mol. The van der Waals surface area contributed by atoms with E-state index in [9.17, 15) is 13.5 Å². The van der Waals surface area contributed by atoms with Gasteiger partial charge >= 0.3 is 0 Å². The minimum absolute atomic E-state index is 0.235. The lowest BCUT2D eigenvalue weighted by molar-refractivity contribution is -0.213. The predicted molar refractivity (Wildman–Crippen MR) is 123 cm³/mol. The van der Waals surface area contributed by atoms with Gasteiger partial charge in [-0.05, 0) is 73.0 Å². The molecule has 0 atom stereocenters. The van der Waals surface area contributed by atoms with Crippen LogP contribution in [-0.2, 0) is 16.4 Å². The Morgan fingerprint density at radius 3 is 2.61 bits per heavy atom. The van der Waals surface area contributed by atoms with Gasteiger partial charge in [0.1, 0.15) is 4.21 Å². The molecule has 0 bridgehead atoms. The Labute approximate surface area is 186 Å². The molecule has 0 unspecified atom stereocenters. The number of allylic oxidation sites excluding steroid dienone is 1. The Morgan fingerprint density at radius 1 is 1.13 bits per heavy atom. The van der Waals surface area contributed by atoms with E-state index >= 15 is 0 Å². The molecule has 160 valence electrons. The van der Waals surface area contributed by atoms with Crippen LogP contribution in [0.4, 0.5) is 5.69 Å². The van der Waals surface area contributed by atoms with E-state index in [2.05, 4.69) is 47.3 Å². The summed E-state index contributed by atoms with van der Waals surface area (Å²) in [6.45, 7) is 4.15. The third kappa shape index (κ3) is 4.65. The van der Waals surface area contributed by atoms with Gasteiger partial charge in [0.2, 0.25) is 0 Å². The van der Waals surface area contributed by atoms with Gasteiger partial charge in [0.25, 0.3) is 10.0 Å². The summed E-state index contributed by atoms with van der Waals surface area (Å²) >= 11 is 1.14. The fourth-order valence-corrected chi connectivity index (χ4v) is 5.68. The van der Waals surface area contributed by atoms with Crippen molar-refractivity contribution in [3.05, 3.63) is 87.8 Å². The second kappa shape index (κ2) is 8.56. The standard InChI is InChI=1S/C23H23N3O3S2/c1-15-13-16(2)19-5-3-6-21(20(19)14-15)24-25-23(27)17-8-10-18(11-9-17)26-31(28,29)22-7-4-12-30-22/h4,6-14,24,26H,3,5H2,1-2H3,(H,25,27)/p-1. The number of nitrogens with one attached hydrogen (secondary N) is 2. The molecule has 0 spiro atoms. The van der Waals surface area contributed by atoms with Crippen LogP contribution in [-0.4, -0.2) is 14.3 Å². The number of sulfonamides is 1. The van der Waals surface area contributed by atoms with Gasteiger partial charge in [-0.3, -0.25) is 10.1 Å². The molecule has 1 aromatic heterocycles. The van der Waals surface area contributed by atoms with Crippen molar-refractivity contribution in [2.24, 2.45) is 5.10 Å². The van der Waals surface area contributed by atoms with Crippen LogP contribution in [0.5, 0.6) is 0 Å². The molecule has 1 aliphatic carbocycles. The molecule has 0 aliphatic heterocycles. The van der Waals surface area contributed by atoms with Crippen LogP contribution in [0.2, 0.25) is 0 Å². The van der Waals surface area contributed by atoms with Crippen LogP contribution < -0.4 is 15.3 Å². The highest BCUT2D eigenvalue weighted by atomic mass is 32.2. The molecular formula is C23H22N3O3S2-. The Kier molecular flexibility index (Phi) is 5.84. The van der Waals surface area contributed by atoms with Crippen LogP contribution in [0.1, 0.15) is 34.2 Å². The van der Waals surface area contributed by atoms with Crippen molar-refractivity contribution in [1.29, 1.82) is 0 Å². The number of fused-ring (bicyclic) bond motifs is 1. The van der Waals surface area contributed by atoms with Crippen molar-refractivity contribution in [1.82, 2.24) is 5.43 Å². The van der Waals surface area contributed by atoms with Gasteiger partial charge in [-0.25, -0.2) is 8.42 Å². The number of hydrogen-bond donors (Lipinski definition) is 2. The molecule has 1 heterocycles. The maximum Gasteiger partial charge on any atom is 0.271 e. The number of aryl methyl sites for hydroxylation is 2. The average Bonchev–Trinajstić information content (AvgIpc) is 3.28. The van der Waals surface area contributed by atoms with Gasteiger partial charge < -0.3 is 5.11 Å². The monoisotopic (exact) mass is 452 g/mol. The Balaban J connectivity index is 1.48. The minimum Gasteiger partial charge on any atom is -0.857 e.